The highest BCUT2D eigenvalue weighted by atomic mass is 32.2. The molecule has 2 aromatic rings. The van der Waals surface area contributed by atoms with Gasteiger partial charge in [0.05, 0.1) is 10.9 Å². The molecule has 0 aliphatic carbocycles. The third kappa shape index (κ3) is 3.95. The molecule has 4 nitrogen and oxygen atoms in total. The Hall–Kier alpha value is -2.14. The molecular weight excluding hydrogens is 298 g/mol. The first-order chi connectivity index (χ1) is 10.3. The summed E-state index contributed by atoms with van der Waals surface area (Å²) in [4.78, 5) is 11.8. The first-order valence-electron chi connectivity index (χ1n) is 6.91. The van der Waals surface area contributed by atoms with E-state index >= 15 is 0 Å². The van der Waals surface area contributed by atoms with Gasteiger partial charge in [0.15, 0.2) is 9.84 Å². The summed E-state index contributed by atoms with van der Waals surface area (Å²) in [5.41, 5.74) is 2.77. The largest absolute Gasteiger partial charge is 0.345 e. The van der Waals surface area contributed by atoms with Crippen LogP contribution in [0.4, 0.5) is 0 Å². The number of carbonyl (C=O) groups excluding carboxylic acids is 1. The van der Waals surface area contributed by atoms with E-state index in [1.807, 2.05) is 37.3 Å². The van der Waals surface area contributed by atoms with Gasteiger partial charge in [-0.25, -0.2) is 8.42 Å². The average molecular weight is 317 g/mol. The summed E-state index contributed by atoms with van der Waals surface area (Å²) >= 11 is 0. The molecule has 0 heterocycles. The maximum atomic E-state index is 11.7. The van der Waals surface area contributed by atoms with E-state index in [1.54, 1.807) is 18.2 Å². The minimum absolute atomic E-state index is 0.171. The second-order valence-electron chi connectivity index (χ2n) is 5.39. The van der Waals surface area contributed by atoms with E-state index in [0.717, 1.165) is 16.7 Å². The highest BCUT2D eigenvalue weighted by molar-refractivity contribution is 7.90. The summed E-state index contributed by atoms with van der Waals surface area (Å²) in [6.07, 6.45) is 1.17. The van der Waals surface area contributed by atoms with Crippen LogP contribution in [0.2, 0.25) is 0 Å². The van der Waals surface area contributed by atoms with Gasteiger partial charge in [-0.2, -0.15) is 0 Å². The summed E-state index contributed by atoms with van der Waals surface area (Å²) in [6, 6.07) is 14.1. The monoisotopic (exact) mass is 317 g/mol. The number of sulfone groups is 1. The number of rotatable bonds is 4. The lowest BCUT2D eigenvalue weighted by Gasteiger charge is -2.19. The standard InChI is InChI=1S/C17H19NO3S/c1-12-7-9-14(10-8-12)17(18-13(2)19)15-5-4-6-16(11-15)22(3,20)21/h4-11,17H,1-3H3,(H,18,19). The Morgan fingerprint density at radius 2 is 1.68 bits per heavy atom. The fourth-order valence-corrected chi connectivity index (χ4v) is 2.92. The molecule has 0 spiro atoms. The van der Waals surface area contributed by atoms with Crippen molar-refractivity contribution in [3.05, 3.63) is 65.2 Å². The lowest BCUT2D eigenvalue weighted by atomic mass is 9.98. The Morgan fingerprint density at radius 1 is 1.05 bits per heavy atom. The van der Waals surface area contributed by atoms with Crippen molar-refractivity contribution in [1.82, 2.24) is 5.32 Å². The van der Waals surface area contributed by atoms with E-state index in [2.05, 4.69) is 5.32 Å². The molecule has 1 unspecified atom stereocenters. The van der Waals surface area contributed by atoms with E-state index in [0.29, 0.717) is 0 Å². The second-order valence-corrected chi connectivity index (χ2v) is 7.40. The van der Waals surface area contributed by atoms with E-state index in [4.69, 9.17) is 0 Å². The SMILES string of the molecule is CC(=O)NC(c1ccc(C)cc1)c1cccc(S(C)(=O)=O)c1. The van der Waals surface area contributed by atoms with Gasteiger partial charge in [-0.1, -0.05) is 42.0 Å². The fraction of sp³-hybridized carbons (Fsp3) is 0.235. The Morgan fingerprint density at radius 3 is 2.23 bits per heavy atom. The van der Waals surface area contributed by atoms with Crippen molar-refractivity contribution in [2.75, 3.05) is 6.26 Å². The van der Waals surface area contributed by atoms with E-state index < -0.39 is 9.84 Å². The molecule has 0 saturated carbocycles. The highest BCUT2D eigenvalue weighted by Gasteiger charge is 2.17. The molecule has 5 heteroatoms. The van der Waals surface area contributed by atoms with Crippen molar-refractivity contribution in [2.24, 2.45) is 0 Å². The summed E-state index contributed by atoms with van der Waals surface area (Å²) in [7, 11) is -3.29. The predicted molar refractivity (Wildman–Crippen MR) is 86.4 cm³/mol. The van der Waals surface area contributed by atoms with Crippen LogP contribution in [0.1, 0.15) is 29.7 Å². The zero-order chi connectivity index (χ0) is 16.3. The van der Waals surface area contributed by atoms with Crippen LogP contribution < -0.4 is 5.32 Å². The number of benzene rings is 2. The number of hydrogen-bond acceptors (Lipinski definition) is 3. The molecule has 2 rings (SSSR count). The second kappa shape index (κ2) is 6.32. The number of hydrogen-bond donors (Lipinski definition) is 1. The maximum Gasteiger partial charge on any atom is 0.217 e. The molecule has 1 N–H and O–H groups in total. The smallest absolute Gasteiger partial charge is 0.217 e. The van der Waals surface area contributed by atoms with E-state index in [1.165, 1.54) is 13.2 Å². The number of aryl methyl sites for hydroxylation is 1. The minimum atomic E-state index is -3.29. The van der Waals surface area contributed by atoms with Crippen molar-refractivity contribution in [3.8, 4) is 0 Å². The van der Waals surface area contributed by atoms with Gasteiger partial charge in [0, 0.05) is 13.2 Å². The van der Waals surface area contributed by atoms with Crippen molar-refractivity contribution in [1.29, 1.82) is 0 Å². The van der Waals surface area contributed by atoms with Gasteiger partial charge in [0.2, 0.25) is 5.91 Å². The molecule has 2 aromatic carbocycles. The first kappa shape index (κ1) is 16.2. The molecule has 1 atom stereocenters. The number of nitrogens with one attached hydrogen (secondary N) is 1. The zero-order valence-corrected chi connectivity index (χ0v) is 13.6. The maximum absolute atomic E-state index is 11.7. The summed E-state index contributed by atoms with van der Waals surface area (Å²) < 4.78 is 23.4. The average Bonchev–Trinajstić information content (AvgIpc) is 2.45. The van der Waals surface area contributed by atoms with Crippen LogP contribution in [0.3, 0.4) is 0 Å². The molecule has 0 aliphatic heterocycles. The predicted octanol–water partition coefficient (Wildman–Crippen LogP) is 2.62. The Balaban J connectivity index is 2.50. The zero-order valence-electron chi connectivity index (χ0n) is 12.8. The molecule has 0 bridgehead atoms. The molecule has 0 saturated heterocycles. The van der Waals surface area contributed by atoms with Gasteiger partial charge < -0.3 is 5.32 Å². The van der Waals surface area contributed by atoms with Crippen molar-refractivity contribution < 1.29 is 13.2 Å². The number of amides is 1. The van der Waals surface area contributed by atoms with Crippen LogP contribution in [-0.2, 0) is 14.6 Å². The molecule has 0 fully saturated rings. The Bertz CT molecular complexity index is 780. The normalized spacial score (nSPS) is 12.7. The molecule has 1 amide bonds. The Labute approximate surface area is 131 Å². The summed E-state index contributed by atoms with van der Waals surface area (Å²) in [5.74, 6) is -0.171. The summed E-state index contributed by atoms with van der Waals surface area (Å²) in [5, 5.41) is 2.88. The molecule has 116 valence electrons. The number of carbonyl (C=O) groups is 1. The van der Waals surface area contributed by atoms with Crippen LogP contribution in [0.5, 0.6) is 0 Å². The third-order valence-corrected chi connectivity index (χ3v) is 4.49. The van der Waals surface area contributed by atoms with E-state index in [-0.39, 0.29) is 16.8 Å². The van der Waals surface area contributed by atoms with Crippen molar-refractivity contribution >= 4 is 15.7 Å². The molecule has 0 aliphatic rings. The first-order valence-corrected chi connectivity index (χ1v) is 8.80. The Kier molecular flexibility index (Phi) is 4.66. The van der Waals surface area contributed by atoms with Gasteiger partial charge in [-0.05, 0) is 30.2 Å². The highest BCUT2D eigenvalue weighted by Crippen LogP contribution is 2.24. The van der Waals surface area contributed by atoms with Gasteiger partial charge in [-0.3, -0.25) is 4.79 Å². The fourth-order valence-electron chi connectivity index (χ4n) is 2.25. The van der Waals surface area contributed by atoms with Crippen molar-refractivity contribution in [2.45, 2.75) is 24.8 Å². The van der Waals surface area contributed by atoms with Crippen LogP contribution in [0, 0.1) is 6.92 Å². The topological polar surface area (TPSA) is 63.2 Å². The van der Waals surface area contributed by atoms with Crippen molar-refractivity contribution in [3.63, 3.8) is 0 Å². The van der Waals surface area contributed by atoms with Gasteiger partial charge in [-0.15, -0.1) is 0 Å². The van der Waals surface area contributed by atoms with E-state index in [9.17, 15) is 13.2 Å². The molecule has 0 radical (unpaired) electrons. The van der Waals surface area contributed by atoms with Gasteiger partial charge in [0.25, 0.3) is 0 Å². The quantitative estimate of drug-likeness (QED) is 0.943. The minimum Gasteiger partial charge on any atom is -0.345 e. The molecule has 22 heavy (non-hydrogen) atoms. The van der Waals surface area contributed by atoms with Crippen LogP contribution in [0.15, 0.2) is 53.4 Å². The third-order valence-electron chi connectivity index (χ3n) is 3.38. The molecule has 0 aromatic heterocycles. The lowest BCUT2D eigenvalue weighted by Crippen LogP contribution is -2.27. The lowest BCUT2D eigenvalue weighted by molar-refractivity contribution is -0.119. The summed E-state index contributed by atoms with van der Waals surface area (Å²) in [6.45, 7) is 3.43. The van der Waals surface area contributed by atoms with Gasteiger partial charge in [0.1, 0.15) is 0 Å². The molecular formula is C17H19NO3S. The van der Waals surface area contributed by atoms with Gasteiger partial charge >= 0.3 is 0 Å². The van der Waals surface area contributed by atoms with Crippen LogP contribution in [-0.4, -0.2) is 20.6 Å². The van der Waals surface area contributed by atoms with Crippen LogP contribution in [0.25, 0.3) is 0 Å². The van der Waals surface area contributed by atoms with Crippen LogP contribution >= 0.6 is 0 Å².